The molecule has 3 heterocycles. The summed E-state index contributed by atoms with van der Waals surface area (Å²) >= 11 is 0. The highest BCUT2D eigenvalue weighted by molar-refractivity contribution is 5.68. The van der Waals surface area contributed by atoms with Gasteiger partial charge in [-0.1, -0.05) is 18.2 Å². The monoisotopic (exact) mass is 294 g/mol. The quantitative estimate of drug-likeness (QED) is 0.924. The van der Waals surface area contributed by atoms with E-state index in [0.29, 0.717) is 0 Å². The van der Waals surface area contributed by atoms with Gasteiger partial charge in [-0.2, -0.15) is 0 Å². The summed E-state index contributed by atoms with van der Waals surface area (Å²) in [4.78, 5) is 11.5. The van der Waals surface area contributed by atoms with Crippen LogP contribution in [0.2, 0.25) is 0 Å². The number of anilines is 1. The topological polar surface area (TPSA) is 41.1 Å². The Morgan fingerprint density at radius 1 is 1.05 bits per heavy atom. The van der Waals surface area contributed by atoms with Crippen molar-refractivity contribution in [2.75, 3.05) is 24.5 Å². The first-order valence-electron chi connectivity index (χ1n) is 8.31. The van der Waals surface area contributed by atoms with Crippen molar-refractivity contribution in [3.05, 3.63) is 41.7 Å². The second kappa shape index (κ2) is 6.05. The summed E-state index contributed by atoms with van der Waals surface area (Å²) in [5.41, 5.74) is 5.19. The van der Waals surface area contributed by atoms with Crippen LogP contribution in [0.5, 0.6) is 0 Å². The van der Waals surface area contributed by atoms with E-state index in [9.17, 15) is 0 Å². The molecule has 2 aromatic rings. The van der Waals surface area contributed by atoms with Gasteiger partial charge in [-0.05, 0) is 43.4 Å². The lowest BCUT2D eigenvalue weighted by atomic mass is 9.93. The zero-order valence-electron chi connectivity index (χ0n) is 12.9. The molecule has 4 nitrogen and oxygen atoms in total. The van der Waals surface area contributed by atoms with Crippen LogP contribution in [0.4, 0.5) is 5.82 Å². The van der Waals surface area contributed by atoms with Gasteiger partial charge in [0, 0.05) is 31.3 Å². The molecule has 2 aliphatic heterocycles. The van der Waals surface area contributed by atoms with E-state index in [0.717, 1.165) is 44.1 Å². The van der Waals surface area contributed by atoms with E-state index in [2.05, 4.69) is 44.5 Å². The number of aromatic nitrogens is 2. The molecule has 0 unspecified atom stereocenters. The van der Waals surface area contributed by atoms with Crippen LogP contribution in [0, 0.1) is 0 Å². The zero-order chi connectivity index (χ0) is 14.8. The van der Waals surface area contributed by atoms with E-state index in [1.165, 1.54) is 36.0 Å². The number of piperidine rings is 1. The summed E-state index contributed by atoms with van der Waals surface area (Å²) in [5, 5.41) is 3.44. The lowest BCUT2D eigenvalue weighted by molar-refractivity contribution is 0.573. The Kier molecular flexibility index (Phi) is 3.77. The summed E-state index contributed by atoms with van der Waals surface area (Å²) in [6.45, 7) is 4.25. The number of hydrogen-bond donors (Lipinski definition) is 1. The molecule has 4 rings (SSSR count). The zero-order valence-corrected chi connectivity index (χ0v) is 12.9. The van der Waals surface area contributed by atoms with Crippen LogP contribution in [0.1, 0.15) is 30.4 Å². The van der Waals surface area contributed by atoms with Crippen LogP contribution >= 0.6 is 0 Å². The number of nitrogens with one attached hydrogen (secondary N) is 1. The molecule has 1 saturated heterocycles. The van der Waals surface area contributed by atoms with Crippen molar-refractivity contribution in [3.63, 3.8) is 0 Å². The first kappa shape index (κ1) is 13.7. The molecule has 0 amide bonds. The predicted octanol–water partition coefficient (Wildman–Crippen LogP) is 2.78. The van der Waals surface area contributed by atoms with E-state index < -0.39 is 0 Å². The Hall–Kier alpha value is -1.94. The highest BCUT2D eigenvalue weighted by Gasteiger charge is 2.17. The summed E-state index contributed by atoms with van der Waals surface area (Å²) < 4.78 is 0. The molecule has 0 spiro atoms. The predicted molar refractivity (Wildman–Crippen MR) is 88.9 cm³/mol. The number of rotatable bonds is 2. The SMILES string of the molecule is c1cc2c(c(-c3cc(N4CCCCC4)ncn3)c1)CCNC2. The third kappa shape index (κ3) is 2.59. The molecule has 0 atom stereocenters. The fraction of sp³-hybridized carbons (Fsp3) is 0.444. The van der Waals surface area contributed by atoms with Crippen molar-refractivity contribution in [1.29, 1.82) is 0 Å². The minimum atomic E-state index is 0.966. The largest absolute Gasteiger partial charge is 0.357 e. The molecule has 22 heavy (non-hydrogen) atoms. The lowest BCUT2D eigenvalue weighted by Gasteiger charge is -2.28. The van der Waals surface area contributed by atoms with Gasteiger partial charge in [-0.25, -0.2) is 9.97 Å². The number of fused-ring (bicyclic) bond motifs is 1. The number of hydrogen-bond acceptors (Lipinski definition) is 4. The molecule has 0 radical (unpaired) electrons. The fourth-order valence-corrected chi connectivity index (χ4v) is 3.56. The van der Waals surface area contributed by atoms with E-state index in [1.807, 2.05) is 0 Å². The summed E-state index contributed by atoms with van der Waals surface area (Å²) in [5.74, 6) is 1.08. The van der Waals surface area contributed by atoms with Gasteiger partial charge in [-0.3, -0.25) is 0 Å². The molecule has 1 aromatic heterocycles. The average molecular weight is 294 g/mol. The van der Waals surface area contributed by atoms with Gasteiger partial charge in [0.25, 0.3) is 0 Å². The van der Waals surface area contributed by atoms with Crippen molar-refractivity contribution < 1.29 is 0 Å². The van der Waals surface area contributed by atoms with Gasteiger partial charge < -0.3 is 10.2 Å². The van der Waals surface area contributed by atoms with Gasteiger partial charge >= 0.3 is 0 Å². The average Bonchev–Trinajstić information content (AvgIpc) is 2.62. The molecule has 1 aromatic carbocycles. The van der Waals surface area contributed by atoms with Crippen molar-refractivity contribution >= 4 is 5.82 Å². The summed E-state index contributed by atoms with van der Waals surface area (Å²) in [7, 11) is 0. The van der Waals surface area contributed by atoms with Crippen molar-refractivity contribution in [2.45, 2.75) is 32.2 Å². The van der Waals surface area contributed by atoms with Crippen molar-refractivity contribution in [2.24, 2.45) is 0 Å². The molecule has 1 fully saturated rings. The minimum Gasteiger partial charge on any atom is -0.357 e. The number of benzene rings is 1. The van der Waals surface area contributed by atoms with E-state index in [1.54, 1.807) is 6.33 Å². The Morgan fingerprint density at radius 3 is 2.86 bits per heavy atom. The molecular weight excluding hydrogens is 272 g/mol. The molecule has 0 saturated carbocycles. The van der Waals surface area contributed by atoms with E-state index in [-0.39, 0.29) is 0 Å². The Bertz CT molecular complexity index is 662. The van der Waals surface area contributed by atoms with Gasteiger partial charge in [0.05, 0.1) is 5.69 Å². The number of nitrogens with zero attached hydrogens (tertiary/aromatic N) is 3. The molecular formula is C18H22N4. The Morgan fingerprint density at radius 2 is 1.95 bits per heavy atom. The molecule has 114 valence electrons. The second-order valence-electron chi connectivity index (χ2n) is 6.18. The maximum atomic E-state index is 4.55. The maximum Gasteiger partial charge on any atom is 0.132 e. The third-order valence-electron chi connectivity index (χ3n) is 4.75. The minimum absolute atomic E-state index is 0.966. The van der Waals surface area contributed by atoms with Crippen LogP contribution in [0.25, 0.3) is 11.3 Å². The van der Waals surface area contributed by atoms with Crippen LogP contribution in [0.15, 0.2) is 30.6 Å². The van der Waals surface area contributed by atoms with Crippen LogP contribution < -0.4 is 10.2 Å². The molecule has 0 bridgehead atoms. The van der Waals surface area contributed by atoms with Crippen molar-refractivity contribution in [1.82, 2.24) is 15.3 Å². The maximum absolute atomic E-state index is 4.55. The van der Waals surface area contributed by atoms with Gasteiger partial charge in [-0.15, -0.1) is 0 Å². The first-order valence-corrected chi connectivity index (χ1v) is 8.31. The van der Waals surface area contributed by atoms with Gasteiger partial charge in [0.2, 0.25) is 0 Å². The first-order chi connectivity index (χ1) is 10.9. The Balaban J connectivity index is 1.71. The smallest absolute Gasteiger partial charge is 0.132 e. The van der Waals surface area contributed by atoms with Crippen LogP contribution in [0.3, 0.4) is 0 Å². The second-order valence-corrected chi connectivity index (χ2v) is 6.18. The van der Waals surface area contributed by atoms with Gasteiger partial charge in [0.1, 0.15) is 12.1 Å². The summed E-state index contributed by atoms with van der Waals surface area (Å²) in [6, 6.07) is 8.73. The normalized spacial score (nSPS) is 18.1. The van der Waals surface area contributed by atoms with Gasteiger partial charge in [0.15, 0.2) is 0 Å². The van der Waals surface area contributed by atoms with Crippen molar-refractivity contribution in [3.8, 4) is 11.3 Å². The Labute approximate surface area is 131 Å². The summed E-state index contributed by atoms with van der Waals surface area (Å²) in [6.07, 6.45) is 6.68. The lowest BCUT2D eigenvalue weighted by Crippen LogP contribution is -2.30. The molecule has 1 N–H and O–H groups in total. The van der Waals surface area contributed by atoms with E-state index >= 15 is 0 Å². The van der Waals surface area contributed by atoms with Crippen LogP contribution in [-0.4, -0.2) is 29.6 Å². The fourth-order valence-electron chi connectivity index (χ4n) is 3.56. The molecule has 2 aliphatic rings. The third-order valence-corrected chi connectivity index (χ3v) is 4.75. The highest BCUT2D eigenvalue weighted by atomic mass is 15.2. The van der Waals surface area contributed by atoms with Crippen LogP contribution in [-0.2, 0) is 13.0 Å². The molecule has 4 heteroatoms. The highest BCUT2D eigenvalue weighted by Crippen LogP contribution is 2.29. The standard InChI is InChI=1S/C18H22N4/c1-2-9-22(10-3-1)18-11-17(20-13-21-18)16-6-4-5-14-12-19-8-7-15(14)16/h4-6,11,13,19H,1-3,7-10,12H2. The molecule has 0 aliphatic carbocycles. The van der Waals surface area contributed by atoms with E-state index in [4.69, 9.17) is 0 Å².